The van der Waals surface area contributed by atoms with Gasteiger partial charge in [-0.1, -0.05) is 48.0 Å². The molecule has 0 spiro atoms. The minimum atomic E-state index is -1.01. The van der Waals surface area contributed by atoms with Crippen molar-refractivity contribution in [2.75, 3.05) is 5.32 Å². The number of anilines is 1. The fourth-order valence-electron chi connectivity index (χ4n) is 2.99. The molecular formula is C22H21BrF2N4O2. The van der Waals surface area contributed by atoms with E-state index in [0.717, 1.165) is 22.2 Å². The summed E-state index contributed by atoms with van der Waals surface area (Å²) in [6.07, 6.45) is 1.55. The monoisotopic (exact) mass is 490 g/mol. The van der Waals surface area contributed by atoms with Crippen LogP contribution in [0.4, 0.5) is 14.6 Å². The molecule has 2 aromatic carbocycles. The molecule has 3 aromatic rings. The van der Waals surface area contributed by atoms with Gasteiger partial charge in [0.25, 0.3) is 5.91 Å². The Morgan fingerprint density at radius 1 is 1.06 bits per heavy atom. The summed E-state index contributed by atoms with van der Waals surface area (Å²) in [5.41, 5.74) is 0.257. The Kier molecular flexibility index (Phi) is 7.17. The number of benzene rings is 2. The molecule has 0 saturated carbocycles. The lowest BCUT2D eigenvalue weighted by atomic mass is 10.0. The molecule has 0 aliphatic rings. The standard InChI is InChI=1S/C22H21BrF2N4O2/c1-13(2)20(28-21(30)19-16(24)4-3-5-17(19)25)22(31)27-18-10-11-26-29(18)12-14-6-8-15(23)9-7-14/h3-11,13,20H,12H2,1-2H3,(H,27,31)(H,28,30)/t20-/m0/s1. The van der Waals surface area contributed by atoms with Gasteiger partial charge in [0.15, 0.2) is 0 Å². The van der Waals surface area contributed by atoms with Crippen molar-refractivity contribution in [3.05, 3.63) is 82.0 Å². The molecule has 2 amide bonds. The Hall–Kier alpha value is -3.07. The number of halogens is 3. The quantitative estimate of drug-likeness (QED) is 0.516. The molecule has 1 aromatic heterocycles. The Morgan fingerprint density at radius 3 is 2.32 bits per heavy atom. The second-order valence-corrected chi connectivity index (χ2v) is 8.20. The molecule has 0 unspecified atom stereocenters. The summed E-state index contributed by atoms with van der Waals surface area (Å²) in [5, 5.41) is 9.40. The van der Waals surface area contributed by atoms with E-state index < -0.39 is 35.1 Å². The van der Waals surface area contributed by atoms with E-state index in [4.69, 9.17) is 0 Å². The summed E-state index contributed by atoms with van der Waals surface area (Å²) < 4.78 is 30.4. The summed E-state index contributed by atoms with van der Waals surface area (Å²) in [5.74, 6) is -3.39. The van der Waals surface area contributed by atoms with Gasteiger partial charge in [-0.15, -0.1) is 0 Å². The Morgan fingerprint density at radius 2 is 1.71 bits per heavy atom. The molecular weight excluding hydrogens is 470 g/mol. The van der Waals surface area contributed by atoms with Gasteiger partial charge in [0, 0.05) is 10.5 Å². The first kappa shape index (κ1) is 22.6. The van der Waals surface area contributed by atoms with Crippen molar-refractivity contribution in [2.24, 2.45) is 5.92 Å². The summed E-state index contributed by atoms with van der Waals surface area (Å²) in [4.78, 5) is 25.3. The van der Waals surface area contributed by atoms with Crippen LogP contribution in [0, 0.1) is 17.6 Å². The van der Waals surface area contributed by atoms with E-state index in [1.807, 2.05) is 24.3 Å². The first-order valence-corrected chi connectivity index (χ1v) is 10.4. The maximum Gasteiger partial charge on any atom is 0.257 e. The molecule has 2 N–H and O–H groups in total. The molecule has 0 saturated heterocycles. The second kappa shape index (κ2) is 9.82. The van der Waals surface area contributed by atoms with Crippen molar-refractivity contribution < 1.29 is 18.4 Å². The highest BCUT2D eigenvalue weighted by Crippen LogP contribution is 2.16. The molecule has 31 heavy (non-hydrogen) atoms. The van der Waals surface area contributed by atoms with Crippen LogP contribution in [0.15, 0.2) is 59.2 Å². The number of hydrogen-bond acceptors (Lipinski definition) is 3. The number of carbonyl (C=O) groups is 2. The van der Waals surface area contributed by atoms with Crippen LogP contribution in [0.2, 0.25) is 0 Å². The van der Waals surface area contributed by atoms with Gasteiger partial charge in [-0.2, -0.15) is 5.10 Å². The smallest absolute Gasteiger partial charge is 0.257 e. The lowest BCUT2D eigenvalue weighted by molar-refractivity contribution is -0.118. The minimum absolute atomic E-state index is 0.332. The third-order valence-corrected chi connectivity index (χ3v) is 5.17. The molecule has 0 bridgehead atoms. The number of hydrogen-bond donors (Lipinski definition) is 2. The highest BCUT2D eigenvalue weighted by Gasteiger charge is 2.28. The van der Waals surface area contributed by atoms with E-state index in [1.165, 1.54) is 6.07 Å². The van der Waals surface area contributed by atoms with Crippen molar-refractivity contribution in [1.82, 2.24) is 15.1 Å². The molecule has 1 heterocycles. The van der Waals surface area contributed by atoms with Gasteiger partial charge in [0.1, 0.15) is 29.1 Å². The summed E-state index contributed by atoms with van der Waals surface area (Å²) >= 11 is 3.38. The number of carbonyl (C=O) groups excluding carboxylic acids is 2. The maximum absolute atomic E-state index is 13.9. The predicted octanol–water partition coefficient (Wildman–Crippen LogP) is 4.37. The van der Waals surface area contributed by atoms with Crippen molar-refractivity contribution >= 4 is 33.6 Å². The average Bonchev–Trinajstić information content (AvgIpc) is 3.14. The van der Waals surface area contributed by atoms with Crippen molar-refractivity contribution in [2.45, 2.75) is 26.4 Å². The molecule has 3 rings (SSSR count). The zero-order valence-electron chi connectivity index (χ0n) is 16.9. The van der Waals surface area contributed by atoms with Gasteiger partial charge >= 0.3 is 0 Å². The first-order chi connectivity index (χ1) is 14.8. The molecule has 6 nitrogen and oxygen atoms in total. The fraction of sp³-hybridized carbons (Fsp3) is 0.227. The molecule has 9 heteroatoms. The summed E-state index contributed by atoms with van der Waals surface area (Å²) in [6.45, 7) is 3.87. The van der Waals surface area contributed by atoms with E-state index in [-0.39, 0.29) is 5.92 Å². The zero-order valence-corrected chi connectivity index (χ0v) is 18.5. The maximum atomic E-state index is 13.9. The van der Waals surface area contributed by atoms with Gasteiger partial charge < -0.3 is 10.6 Å². The van der Waals surface area contributed by atoms with Gasteiger partial charge in [-0.05, 0) is 35.7 Å². The number of rotatable bonds is 7. The topological polar surface area (TPSA) is 76.0 Å². The van der Waals surface area contributed by atoms with Crippen LogP contribution in [-0.4, -0.2) is 27.6 Å². The van der Waals surface area contributed by atoms with E-state index in [2.05, 4.69) is 31.7 Å². The van der Waals surface area contributed by atoms with Gasteiger partial charge in [-0.25, -0.2) is 13.5 Å². The molecule has 0 aliphatic heterocycles. The number of amides is 2. The number of nitrogens with one attached hydrogen (secondary N) is 2. The Labute approximate surface area is 186 Å². The fourth-order valence-corrected chi connectivity index (χ4v) is 3.26. The van der Waals surface area contributed by atoms with Crippen LogP contribution in [-0.2, 0) is 11.3 Å². The summed E-state index contributed by atoms with van der Waals surface area (Å²) in [6, 6.07) is 11.4. The number of aromatic nitrogens is 2. The van der Waals surface area contributed by atoms with E-state index in [9.17, 15) is 18.4 Å². The van der Waals surface area contributed by atoms with Crippen LogP contribution in [0.3, 0.4) is 0 Å². The average molecular weight is 491 g/mol. The number of nitrogens with zero attached hydrogens (tertiary/aromatic N) is 2. The highest BCUT2D eigenvalue weighted by molar-refractivity contribution is 9.10. The Bertz CT molecular complexity index is 1060. The van der Waals surface area contributed by atoms with Crippen molar-refractivity contribution in [3.8, 4) is 0 Å². The Balaban J connectivity index is 1.74. The summed E-state index contributed by atoms with van der Waals surface area (Å²) in [7, 11) is 0. The van der Waals surface area contributed by atoms with Crippen LogP contribution >= 0.6 is 15.9 Å². The molecule has 162 valence electrons. The lowest BCUT2D eigenvalue weighted by Crippen LogP contribution is -2.47. The third-order valence-electron chi connectivity index (χ3n) is 4.64. The largest absolute Gasteiger partial charge is 0.340 e. The van der Waals surface area contributed by atoms with Gasteiger partial charge in [-0.3, -0.25) is 9.59 Å². The third kappa shape index (κ3) is 5.55. The van der Waals surface area contributed by atoms with Gasteiger partial charge in [0.05, 0.1) is 12.7 Å². The first-order valence-electron chi connectivity index (χ1n) is 9.58. The highest BCUT2D eigenvalue weighted by atomic mass is 79.9. The predicted molar refractivity (Wildman–Crippen MR) is 117 cm³/mol. The van der Waals surface area contributed by atoms with E-state index in [1.54, 1.807) is 30.8 Å². The molecule has 0 fully saturated rings. The van der Waals surface area contributed by atoms with Crippen LogP contribution in [0.5, 0.6) is 0 Å². The van der Waals surface area contributed by atoms with Crippen LogP contribution in [0.25, 0.3) is 0 Å². The normalized spacial score (nSPS) is 11.9. The van der Waals surface area contributed by atoms with E-state index >= 15 is 0 Å². The molecule has 0 aliphatic carbocycles. The van der Waals surface area contributed by atoms with Crippen LogP contribution in [0.1, 0.15) is 29.8 Å². The van der Waals surface area contributed by atoms with E-state index in [0.29, 0.717) is 12.4 Å². The molecule has 1 atom stereocenters. The van der Waals surface area contributed by atoms with Gasteiger partial charge in [0.2, 0.25) is 5.91 Å². The minimum Gasteiger partial charge on any atom is -0.340 e. The lowest BCUT2D eigenvalue weighted by Gasteiger charge is -2.22. The molecule has 0 radical (unpaired) electrons. The van der Waals surface area contributed by atoms with Crippen molar-refractivity contribution in [1.29, 1.82) is 0 Å². The SMILES string of the molecule is CC(C)[C@H](NC(=O)c1c(F)cccc1F)C(=O)Nc1ccnn1Cc1ccc(Br)cc1. The second-order valence-electron chi connectivity index (χ2n) is 7.28. The zero-order chi connectivity index (χ0) is 22.5. The van der Waals surface area contributed by atoms with Crippen LogP contribution < -0.4 is 10.6 Å². The van der Waals surface area contributed by atoms with Crippen molar-refractivity contribution in [3.63, 3.8) is 0 Å².